The van der Waals surface area contributed by atoms with Crippen LogP contribution in [-0.2, 0) is 0 Å². The highest BCUT2D eigenvalue weighted by molar-refractivity contribution is 7.14. The molecule has 0 unspecified atom stereocenters. The lowest BCUT2D eigenvalue weighted by Gasteiger charge is -2.05. The van der Waals surface area contributed by atoms with Crippen molar-refractivity contribution in [1.82, 2.24) is 19.9 Å². The van der Waals surface area contributed by atoms with Crippen LogP contribution in [0.3, 0.4) is 0 Å². The van der Waals surface area contributed by atoms with Crippen molar-refractivity contribution >= 4 is 69.0 Å². The normalized spacial score (nSPS) is 12.2. The van der Waals surface area contributed by atoms with Crippen molar-refractivity contribution in [2.75, 3.05) is 0 Å². The molecule has 0 fully saturated rings. The highest BCUT2D eigenvalue weighted by Crippen LogP contribution is 2.39. The fraction of sp³-hybridized carbons (Fsp3) is 0. The molecule has 0 atom stereocenters. The van der Waals surface area contributed by atoms with Gasteiger partial charge in [-0.1, -0.05) is 72.8 Å². The summed E-state index contributed by atoms with van der Waals surface area (Å²) in [7, 11) is 0. The lowest BCUT2D eigenvalue weighted by molar-refractivity contribution is 1.31. The van der Waals surface area contributed by atoms with Crippen molar-refractivity contribution in [3.05, 3.63) is 143 Å². The Morgan fingerprint density at radius 2 is 0.739 bits per heavy atom. The van der Waals surface area contributed by atoms with E-state index in [1.54, 1.807) is 22.7 Å². The van der Waals surface area contributed by atoms with Crippen LogP contribution in [0.4, 0.5) is 0 Å². The monoisotopic (exact) mass is 626 g/mol. The van der Waals surface area contributed by atoms with Crippen LogP contribution in [0.25, 0.3) is 89.5 Å². The molecule has 46 heavy (non-hydrogen) atoms. The standard InChI is InChI=1S/C40H26N4S2/c1-3-9-25(10-4-1)37-27-15-19-31(41-27)39(35-13-7-23-45-35)33-21-17-29(43-33)38(26-11-5-2-6-12-26)30-18-22-34(44-30)40(36-14-8-24-46-36)32-20-16-28(37)42-32/h1-24,41,44H. The van der Waals surface area contributed by atoms with Crippen LogP contribution < -0.4 is 0 Å². The van der Waals surface area contributed by atoms with Crippen LogP contribution in [0.2, 0.25) is 0 Å². The Hall–Kier alpha value is -5.56. The predicted octanol–water partition coefficient (Wildman–Crippen LogP) is 11.4. The average Bonchev–Trinajstić information content (AvgIpc) is 3.93. The van der Waals surface area contributed by atoms with E-state index >= 15 is 0 Å². The molecule has 0 spiro atoms. The Morgan fingerprint density at radius 3 is 1.11 bits per heavy atom. The van der Waals surface area contributed by atoms with Gasteiger partial charge < -0.3 is 9.97 Å². The minimum Gasteiger partial charge on any atom is -0.354 e. The summed E-state index contributed by atoms with van der Waals surface area (Å²) in [6.45, 7) is 0. The fourth-order valence-corrected chi connectivity index (χ4v) is 7.97. The summed E-state index contributed by atoms with van der Waals surface area (Å²) in [5, 5.41) is 4.24. The number of hydrogen-bond donors (Lipinski definition) is 2. The first kappa shape index (κ1) is 26.8. The maximum absolute atomic E-state index is 5.33. The summed E-state index contributed by atoms with van der Waals surface area (Å²) < 4.78 is 0. The molecule has 7 heterocycles. The van der Waals surface area contributed by atoms with Crippen molar-refractivity contribution in [1.29, 1.82) is 0 Å². The van der Waals surface area contributed by atoms with Gasteiger partial charge in [-0.15, -0.1) is 22.7 Å². The Morgan fingerprint density at radius 1 is 0.370 bits per heavy atom. The zero-order chi connectivity index (χ0) is 30.5. The molecule has 6 heteroatoms. The van der Waals surface area contributed by atoms with E-state index in [1.807, 2.05) is 0 Å². The first-order valence-corrected chi connectivity index (χ1v) is 16.9. The molecule has 9 rings (SSSR count). The van der Waals surface area contributed by atoms with E-state index in [9.17, 15) is 0 Å². The number of rotatable bonds is 4. The highest BCUT2D eigenvalue weighted by Gasteiger charge is 2.19. The quantitative estimate of drug-likeness (QED) is 0.204. The molecule has 218 valence electrons. The van der Waals surface area contributed by atoms with Gasteiger partial charge in [-0.05, 0) is 82.6 Å². The largest absolute Gasteiger partial charge is 0.354 e. The lowest BCUT2D eigenvalue weighted by Crippen LogP contribution is -1.88. The molecule has 0 saturated heterocycles. The third kappa shape index (κ3) is 4.58. The topological polar surface area (TPSA) is 57.4 Å². The van der Waals surface area contributed by atoms with Gasteiger partial charge in [0.2, 0.25) is 0 Å². The van der Waals surface area contributed by atoms with E-state index in [-0.39, 0.29) is 0 Å². The van der Waals surface area contributed by atoms with Crippen molar-refractivity contribution in [3.63, 3.8) is 0 Å². The molecule has 2 N–H and O–H groups in total. The number of nitrogens with one attached hydrogen (secondary N) is 2. The third-order valence-corrected chi connectivity index (χ3v) is 10.2. The zero-order valence-electron chi connectivity index (χ0n) is 24.6. The molecule has 0 amide bonds. The second-order valence-corrected chi connectivity index (χ2v) is 13.1. The first-order chi connectivity index (χ1) is 22.8. The van der Waals surface area contributed by atoms with Crippen LogP contribution in [0, 0.1) is 0 Å². The van der Waals surface area contributed by atoms with Crippen LogP contribution >= 0.6 is 22.7 Å². The van der Waals surface area contributed by atoms with Crippen LogP contribution in [0.5, 0.6) is 0 Å². The third-order valence-electron chi connectivity index (χ3n) is 8.41. The molecule has 4 nitrogen and oxygen atoms in total. The molecule has 0 saturated carbocycles. The lowest BCUT2D eigenvalue weighted by atomic mass is 10.0. The summed E-state index contributed by atoms with van der Waals surface area (Å²) in [4.78, 5) is 20.6. The van der Waals surface area contributed by atoms with E-state index in [4.69, 9.17) is 9.97 Å². The zero-order valence-corrected chi connectivity index (χ0v) is 26.2. The summed E-state index contributed by atoms with van der Waals surface area (Å²) in [6.07, 6.45) is 8.57. The Bertz CT molecular complexity index is 2270. The van der Waals surface area contributed by atoms with E-state index in [2.05, 4.69) is 154 Å². The molecule has 8 bridgehead atoms. The van der Waals surface area contributed by atoms with E-state index in [0.29, 0.717) is 0 Å². The minimum absolute atomic E-state index is 0.922. The van der Waals surface area contributed by atoms with Crippen LogP contribution in [-0.4, -0.2) is 19.9 Å². The Labute approximate surface area is 273 Å². The molecule has 0 aliphatic carbocycles. The second-order valence-electron chi connectivity index (χ2n) is 11.2. The maximum atomic E-state index is 5.33. The summed E-state index contributed by atoms with van der Waals surface area (Å²) in [6, 6.07) is 38.3. The van der Waals surface area contributed by atoms with Crippen LogP contribution in [0.15, 0.2) is 120 Å². The smallest absolute Gasteiger partial charge is 0.0745 e. The number of nitrogens with zero attached hydrogens (tertiary/aromatic N) is 2. The molecule has 0 radical (unpaired) electrons. The Balaban J connectivity index is 1.49. The number of aromatic amines is 2. The number of thiophene rings is 2. The number of benzene rings is 2. The average molecular weight is 627 g/mol. The van der Waals surface area contributed by atoms with E-state index in [1.165, 1.54) is 0 Å². The molecule has 7 aromatic rings. The minimum atomic E-state index is 0.922. The fourth-order valence-electron chi connectivity index (χ4n) is 6.38. The van der Waals surface area contributed by atoms with Crippen molar-refractivity contribution in [2.45, 2.75) is 0 Å². The molecular formula is C40H26N4S2. The molecule has 5 aromatic heterocycles. The Kier molecular flexibility index (Phi) is 6.47. The molecular weight excluding hydrogens is 601 g/mol. The van der Waals surface area contributed by atoms with Gasteiger partial charge in [-0.2, -0.15) is 0 Å². The van der Waals surface area contributed by atoms with Gasteiger partial charge in [-0.3, -0.25) is 0 Å². The molecule has 2 aromatic carbocycles. The van der Waals surface area contributed by atoms with Gasteiger partial charge in [0.1, 0.15) is 0 Å². The van der Waals surface area contributed by atoms with Crippen LogP contribution in [0.1, 0.15) is 22.8 Å². The van der Waals surface area contributed by atoms with Gasteiger partial charge >= 0.3 is 0 Å². The van der Waals surface area contributed by atoms with Gasteiger partial charge in [0.25, 0.3) is 0 Å². The van der Waals surface area contributed by atoms with E-state index < -0.39 is 0 Å². The maximum Gasteiger partial charge on any atom is 0.0745 e. The van der Waals surface area contributed by atoms with Gasteiger partial charge in [-0.25, -0.2) is 9.97 Å². The van der Waals surface area contributed by atoms with Gasteiger partial charge in [0, 0.05) is 54.1 Å². The van der Waals surface area contributed by atoms with Crippen molar-refractivity contribution in [2.24, 2.45) is 0 Å². The number of fused-ring (bicyclic) bond motifs is 8. The SMILES string of the molecule is C1=Cc2nc1c(-c1ccccc1)c1ccc([nH]1)c(-c1cccs1)c1nc(c(-c3ccccc3)c3ccc([nH]3)c2-c2cccs2)C=C1. The van der Waals surface area contributed by atoms with Gasteiger partial charge in [0.05, 0.1) is 22.8 Å². The molecule has 2 aliphatic rings. The summed E-state index contributed by atoms with van der Waals surface area (Å²) in [5.74, 6) is 0. The predicted molar refractivity (Wildman–Crippen MR) is 196 cm³/mol. The summed E-state index contributed by atoms with van der Waals surface area (Å²) in [5.41, 5.74) is 14.2. The number of H-pyrrole nitrogens is 2. The van der Waals surface area contributed by atoms with Gasteiger partial charge in [0.15, 0.2) is 0 Å². The van der Waals surface area contributed by atoms with Crippen molar-refractivity contribution in [3.8, 4) is 43.1 Å². The van der Waals surface area contributed by atoms with Crippen molar-refractivity contribution < 1.29 is 0 Å². The highest BCUT2D eigenvalue weighted by atomic mass is 32.1. The second kappa shape index (κ2) is 11.1. The van der Waals surface area contributed by atoms with E-state index in [0.717, 1.165) is 88.0 Å². The number of aromatic nitrogens is 4. The summed E-state index contributed by atoms with van der Waals surface area (Å²) >= 11 is 3.44. The molecule has 2 aliphatic heterocycles. The number of hydrogen-bond acceptors (Lipinski definition) is 4. The first-order valence-electron chi connectivity index (χ1n) is 15.1.